The van der Waals surface area contributed by atoms with E-state index < -0.39 is 0 Å². The van der Waals surface area contributed by atoms with E-state index in [1.807, 2.05) is 32.2 Å². The van der Waals surface area contributed by atoms with Crippen molar-refractivity contribution >= 4 is 40.1 Å². The maximum absolute atomic E-state index is 6.28. The molecule has 7 nitrogen and oxygen atoms in total. The molecule has 27 heavy (non-hydrogen) atoms. The van der Waals surface area contributed by atoms with Crippen LogP contribution in [0.5, 0.6) is 0 Å². The van der Waals surface area contributed by atoms with Gasteiger partial charge in [0, 0.05) is 30.8 Å². The number of hydrogen-bond acceptors (Lipinski definition) is 6. The quantitative estimate of drug-likeness (QED) is 0.740. The molecule has 1 aromatic carbocycles. The van der Waals surface area contributed by atoms with Crippen LogP contribution in [0.15, 0.2) is 24.4 Å². The fourth-order valence-electron chi connectivity index (χ4n) is 3.40. The molecule has 1 aliphatic rings. The summed E-state index contributed by atoms with van der Waals surface area (Å²) in [5.41, 5.74) is 2.70. The van der Waals surface area contributed by atoms with Crippen LogP contribution in [0.4, 0.5) is 17.5 Å². The average Bonchev–Trinajstić information content (AvgIpc) is 2.99. The third-order valence-corrected chi connectivity index (χ3v) is 5.12. The van der Waals surface area contributed by atoms with Crippen LogP contribution in [-0.4, -0.2) is 45.0 Å². The Hall–Kier alpha value is -2.38. The summed E-state index contributed by atoms with van der Waals surface area (Å²) in [7, 11) is 1.89. The van der Waals surface area contributed by atoms with Crippen LogP contribution >= 0.6 is 11.6 Å². The molecule has 2 aromatic heterocycles. The summed E-state index contributed by atoms with van der Waals surface area (Å²) in [6.45, 7) is 7.62. The van der Waals surface area contributed by atoms with Gasteiger partial charge in [-0.2, -0.15) is 15.1 Å². The van der Waals surface area contributed by atoms with Crippen molar-refractivity contribution in [3.05, 3.63) is 35.0 Å². The first-order valence-electron chi connectivity index (χ1n) is 9.04. The van der Waals surface area contributed by atoms with E-state index in [1.54, 1.807) is 10.9 Å². The summed E-state index contributed by atoms with van der Waals surface area (Å²) < 4.78 is 7.60. The number of nitrogens with zero attached hydrogens (tertiary/aromatic N) is 5. The minimum Gasteiger partial charge on any atom is -0.372 e. The van der Waals surface area contributed by atoms with Crippen molar-refractivity contribution in [1.82, 2.24) is 19.7 Å². The number of hydrogen-bond donors (Lipinski definition) is 1. The number of aromatic nitrogens is 4. The second-order valence-corrected chi connectivity index (χ2v) is 7.54. The summed E-state index contributed by atoms with van der Waals surface area (Å²) in [5.74, 6) is 1.39. The van der Waals surface area contributed by atoms with Gasteiger partial charge in [-0.25, -0.2) is 0 Å². The first-order valence-corrected chi connectivity index (χ1v) is 9.42. The molecule has 4 rings (SSSR count). The molecule has 3 heterocycles. The zero-order chi connectivity index (χ0) is 19.1. The Morgan fingerprint density at radius 1 is 1.19 bits per heavy atom. The third-order valence-electron chi connectivity index (χ3n) is 4.72. The molecule has 1 fully saturated rings. The molecule has 1 N–H and O–H groups in total. The van der Waals surface area contributed by atoms with Gasteiger partial charge in [0.25, 0.3) is 0 Å². The fourth-order valence-corrected chi connectivity index (χ4v) is 3.58. The van der Waals surface area contributed by atoms with E-state index in [-0.39, 0.29) is 12.2 Å². The van der Waals surface area contributed by atoms with E-state index in [9.17, 15) is 0 Å². The number of aryl methyl sites for hydroxylation is 2. The Kier molecular flexibility index (Phi) is 4.65. The largest absolute Gasteiger partial charge is 0.372 e. The number of rotatable bonds is 3. The highest BCUT2D eigenvalue weighted by Gasteiger charge is 2.25. The van der Waals surface area contributed by atoms with Crippen LogP contribution < -0.4 is 10.2 Å². The maximum Gasteiger partial charge on any atom is 0.229 e. The van der Waals surface area contributed by atoms with Crippen molar-refractivity contribution in [2.24, 2.45) is 7.05 Å². The molecule has 142 valence electrons. The second-order valence-electron chi connectivity index (χ2n) is 7.13. The highest BCUT2D eigenvalue weighted by atomic mass is 35.5. The molecule has 0 amide bonds. The number of fused-ring (bicyclic) bond motifs is 1. The fraction of sp³-hybridized carbons (Fsp3) is 0.421. The molecule has 1 aliphatic heterocycles. The molecule has 0 unspecified atom stereocenters. The van der Waals surface area contributed by atoms with Gasteiger partial charge in [0.2, 0.25) is 5.95 Å². The number of ether oxygens (including phenoxy) is 1. The normalized spacial score (nSPS) is 20.3. The van der Waals surface area contributed by atoms with Gasteiger partial charge in [-0.3, -0.25) is 4.68 Å². The lowest BCUT2D eigenvalue weighted by atomic mass is 10.2. The molecule has 8 heteroatoms. The predicted molar refractivity (Wildman–Crippen MR) is 108 cm³/mol. The molecule has 1 saturated heterocycles. The van der Waals surface area contributed by atoms with Crippen molar-refractivity contribution in [3.8, 4) is 0 Å². The Balaban J connectivity index is 1.76. The Morgan fingerprint density at radius 3 is 2.63 bits per heavy atom. The molecule has 0 radical (unpaired) electrons. The van der Waals surface area contributed by atoms with Crippen LogP contribution in [0.1, 0.15) is 19.4 Å². The van der Waals surface area contributed by atoms with Gasteiger partial charge in [-0.1, -0.05) is 17.7 Å². The summed E-state index contributed by atoms with van der Waals surface area (Å²) in [6.07, 6.45) is 2.04. The lowest BCUT2D eigenvalue weighted by Gasteiger charge is -2.35. The van der Waals surface area contributed by atoms with Gasteiger partial charge >= 0.3 is 0 Å². The lowest BCUT2D eigenvalue weighted by Crippen LogP contribution is -2.46. The lowest BCUT2D eigenvalue weighted by molar-refractivity contribution is -0.00569. The minimum absolute atomic E-state index is 0.131. The van der Waals surface area contributed by atoms with E-state index in [4.69, 9.17) is 26.3 Å². The van der Waals surface area contributed by atoms with Gasteiger partial charge in [0.1, 0.15) is 5.82 Å². The van der Waals surface area contributed by atoms with Crippen molar-refractivity contribution in [3.63, 3.8) is 0 Å². The van der Waals surface area contributed by atoms with Crippen molar-refractivity contribution < 1.29 is 4.74 Å². The van der Waals surface area contributed by atoms with Crippen molar-refractivity contribution in [2.45, 2.75) is 33.0 Å². The molecule has 2 atom stereocenters. The van der Waals surface area contributed by atoms with Crippen LogP contribution in [0.25, 0.3) is 11.0 Å². The van der Waals surface area contributed by atoms with E-state index in [2.05, 4.69) is 29.2 Å². The van der Waals surface area contributed by atoms with Crippen molar-refractivity contribution in [1.29, 1.82) is 0 Å². The van der Waals surface area contributed by atoms with E-state index in [1.165, 1.54) is 0 Å². The zero-order valence-electron chi connectivity index (χ0n) is 15.9. The molecule has 0 aliphatic carbocycles. The van der Waals surface area contributed by atoms with E-state index in [0.29, 0.717) is 11.0 Å². The minimum atomic E-state index is 0.131. The maximum atomic E-state index is 6.28. The summed E-state index contributed by atoms with van der Waals surface area (Å²) in [4.78, 5) is 11.7. The second kappa shape index (κ2) is 6.98. The van der Waals surface area contributed by atoms with Crippen LogP contribution in [-0.2, 0) is 11.8 Å². The standard InChI is InChI=1S/C19H23ClN6O/c1-11-5-6-14(7-16(11)20)22-17-15-8-21-25(4)18(15)24-19(23-17)26-9-12(2)27-13(3)10-26/h5-8,12-13H,9-10H2,1-4H3,(H,22,23,24)/t12-,13-/m1/s1. The van der Waals surface area contributed by atoms with Gasteiger partial charge in [-0.05, 0) is 38.5 Å². The molecule has 0 saturated carbocycles. The summed E-state index contributed by atoms with van der Waals surface area (Å²) >= 11 is 6.28. The number of nitrogens with one attached hydrogen (secondary N) is 1. The Bertz CT molecular complexity index is 978. The van der Waals surface area contributed by atoms with Crippen LogP contribution in [0, 0.1) is 6.92 Å². The number of halogens is 1. The molecule has 0 bridgehead atoms. The highest BCUT2D eigenvalue weighted by Crippen LogP contribution is 2.29. The number of benzene rings is 1. The first-order chi connectivity index (χ1) is 12.9. The molecule has 0 spiro atoms. The van der Waals surface area contributed by atoms with Crippen molar-refractivity contribution in [2.75, 3.05) is 23.3 Å². The molecular formula is C19H23ClN6O. The van der Waals surface area contributed by atoms with Gasteiger partial charge in [-0.15, -0.1) is 0 Å². The van der Waals surface area contributed by atoms with E-state index in [0.717, 1.165) is 41.2 Å². The molecular weight excluding hydrogens is 364 g/mol. The SMILES string of the molecule is Cc1ccc(Nc2nc(N3C[C@@H](C)O[C@H](C)C3)nc3c2cnn3C)cc1Cl. The Labute approximate surface area is 163 Å². The highest BCUT2D eigenvalue weighted by molar-refractivity contribution is 6.31. The Morgan fingerprint density at radius 2 is 1.93 bits per heavy atom. The summed E-state index contributed by atoms with van der Waals surface area (Å²) in [6, 6.07) is 5.88. The number of morpholine rings is 1. The first kappa shape index (κ1) is 18.0. The van der Waals surface area contributed by atoms with Gasteiger partial charge < -0.3 is 15.0 Å². The van der Waals surface area contributed by atoms with Gasteiger partial charge in [0.05, 0.1) is 23.8 Å². The number of anilines is 3. The zero-order valence-corrected chi connectivity index (χ0v) is 16.7. The van der Waals surface area contributed by atoms with E-state index >= 15 is 0 Å². The third kappa shape index (κ3) is 3.57. The van der Waals surface area contributed by atoms with Crippen LogP contribution in [0.2, 0.25) is 5.02 Å². The predicted octanol–water partition coefficient (Wildman–Crippen LogP) is 3.68. The monoisotopic (exact) mass is 386 g/mol. The topological polar surface area (TPSA) is 68.1 Å². The van der Waals surface area contributed by atoms with Gasteiger partial charge in [0.15, 0.2) is 5.65 Å². The average molecular weight is 387 g/mol. The van der Waals surface area contributed by atoms with Crippen LogP contribution in [0.3, 0.4) is 0 Å². The summed E-state index contributed by atoms with van der Waals surface area (Å²) in [5, 5.41) is 9.32. The smallest absolute Gasteiger partial charge is 0.229 e. The molecule has 3 aromatic rings.